The lowest BCUT2D eigenvalue weighted by molar-refractivity contribution is 0.270. The first-order valence-corrected chi connectivity index (χ1v) is 17.9. The molecule has 0 nitrogen and oxygen atoms in total. The van der Waals surface area contributed by atoms with E-state index in [-0.39, 0.29) is 0 Å². The van der Waals surface area contributed by atoms with Crippen LogP contribution in [0.1, 0.15) is 79.1 Å². The van der Waals surface area contributed by atoms with Crippen molar-refractivity contribution in [2.75, 3.05) is 0 Å². The van der Waals surface area contributed by atoms with E-state index < -0.39 is 8.07 Å². The monoisotopic (exact) mass is 544 g/mol. The molecule has 0 aliphatic heterocycles. The molecule has 0 aromatic carbocycles. The van der Waals surface area contributed by atoms with Gasteiger partial charge in [0.1, 0.15) is 0 Å². The Morgan fingerprint density at radius 2 is 1.00 bits per heavy atom. The molecule has 0 spiro atoms. The second-order valence-electron chi connectivity index (χ2n) is 12.7. The van der Waals surface area contributed by atoms with Gasteiger partial charge in [0.25, 0.3) is 0 Å². The smallest absolute Gasteiger partial charge is 0.0547 e. The highest BCUT2D eigenvalue weighted by atomic mass is 79.9. The second kappa shape index (κ2) is 8.84. The van der Waals surface area contributed by atoms with Gasteiger partial charge in [-0.1, -0.05) is 98.3 Å². The fourth-order valence-electron chi connectivity index (χ4n) is 9.39. The van der Waals surface area contributed by atoms with Gasteiger partial charge in [-0.2, -0.15) is 0 Å². The number of halogens is 2. The van der Waals surface area contributed by atoms with Crippen LogP contribution in [0.4, 0.5) is 0 Å². The van der Waals surface area contributed by atoms with Crippen LogP contribution >= 0.6 is 31.9 Å². The first-order valence-electron chi connectivity index (χ1n) is 12.9. The minimum atomic E-state index is -1.41. The molecule has 10 unspecified atom stereocenters. The normalized spacial score (nSPS) is 48.2. The van der Waals surface area contributed by atoms with Crippen LogP contribution < -0.4 is 0 Å². The highest BCUT2D eigenvalue weighted by Gasteiger charge is 2.61. The average Bonchev–Trinajstić information content (AvgIpc) is 3.23. The van der Waals surface area contributed by atoms with Crippen LogP contribution in [0.3, 0.4) is 0 Å². The van der Waals surface area contributed by atoms with Crippen LogP contribution in [-0.4, -0.2) is 17.7 Å². The van der Waals surface area contributed by atoms with E-state index in [1.807, 2.05) is 0 Å². The second-order valence-corrected chi connectivity index (χ2v) is 20.0. The van der Waals surface area contributed by atoms with Crippen LogP contribution in [0.2, 0.25) is 24.2 Å². The van der Waals surface area contributed by atoms with E-state index in [1.54, 1.807) is 0 Å². The molecule has 10 atom stereocenters. The summed E-state index contributed by atoms with van der Waals surface area (Å²) in [6.45, 7) is 16.0. The van der Waals surface area contributed by atoms with Gasteiger partial charge in [0.05, 0.1) is 8.07 Å². The quantitative estimate of drug-likeness (QED) is 0.244. The van der Waals surface area contributed by atoms with Crippen LogP contribution in [-0.2, 0) is 0 Å². The summed E-state index contributed by atoms with van der Waals surface area (Å²) >= 11 is 8.31. The van der Waals surface area contributed by atoms with Crippen LogP contribution in [0.25, 0.3) is 0 Å². The molecule has 4 rings (SSSR count). The van der Waals surface area contributed by atoms with E-state index in [1.165, 1.54) is 51.4 Å². The summed E-state index contributed by atoms with van der Waals surface area (Å²) in [5, 5.41) is 0. The molecule has 0 radical (unpaired) electrons. The molecular formula is C26H46Br2Si. The van der Waals surface area contributed by atoms with Crippen molar-refractivity contribution in [3.05, 3.63) is 0 Å². The van der Waals surface area contributed by atoms with Gasteiger partial charge < -0.3 is 0 Å². The van der Waals surface area contributed by atoms with E-state index in [0.717, 1.165) is 68.1 Å². The Hall–Kier alpha value is 1.18. The Bertz CT molecular complexity index is 525. The predicted octanol–water partition coefficient (Wildman–Crippen LogP) is 9.15. The highest BCUT2D eigenvalue weighted by molar-refractivity contribution is 9.09. The third-order valence-corrected chi connectivity index (χ3v) is 17.9. The lowest BCUT2D eigenvalue weighted by atomic mass is 9.81. The average molecular weight is 547 g/mol. The van der Waals surface area contributed by atoms with Gasteiger partial charge in [0, 0.05) is 9.65 Å². The van der Waals surface area contributed by atoms with Gasteiger partial charge in [0.15, 0.2) is 0 Å². The lowest BCUT2D eigenvalue weighted by Crippen LogP contribution is -2.49. The summed E-state index contributed by atoms with van der Waals surface area (Å²) in [6, 6.07) is 0. The van der Waals surface area contributed by atoms with Gasteiger partial charge >= 0.3 is 0 Å². The molecule has 0 aromatic rings. The van der Waals surface area contributed by atoms with E-state index in [9.17, 15) is 0 Å². The van der Waals surface area contributed by atoms with E-state index in [4.69, 9.17) is 0 Å². The third kappa shape index (κ3) is 4.02. The molecule has 3 heteroatoms. The first kappa shape index (κ1) is 23.3. The first-order chi connectivity index (χ1) is 13.6. The molecule has 0 saturated heterocycles. The number of hydrogen-bond donors (Lipinski definition) is 0. The Morgan fingerprint density at radius 1 is 0.621 bits per heavy atom. The van der Waals surface area contributed by atoms with Crippen molar-refractivity contribution in [2.45, 2.75) is 113 Å². The maximum absolute atomic E-state index is 4.16. The summed E-state index contributed by atoms with van der Waals surface area (Å²) in [7, 11) is -1.41. The molecule has 168 valence electrons. The number of hydrogen-bond acceptors (Lipinski definition) is 0. The third-order valence-electron chi connectivity index (χ3n) is 10.4. The minimum Gasteiger partial charge on any atom is -0.0888 e. The summed E-state index contributed by atoms with van der Waals surface area (Å²) < 4.78 is 0. The summed E-state index contributed by atoms with van der Waals surface area (Å²) in [4.78, 5) is 1.60. The fraction of sp³-hybridized carbons (Fsp3) is 1.00. The van der Waals surface area contributed by atoms with Crippen molar-refractivity contribution >= 4 is 39.9 Å². The van der Waals surface area contributed by atoms with Gasteiger partial charge in [-0.15, -0.1) is 0 Å². The maximum atomic E-state index is 4.16. The zero-order valence-electron chi connectivity index (χ0n) is 19.8. The Balaban J connectivity index is 1.70. The van der Waals surface area contributed by atoms with Crippen molar-refractivity contribution in [1.82, 2.24) is 0 Å². The molecule has 4 aliphatic carbocycles. The number of rotatable bonds is 4. The number of fused-ring (bicyclic) bond motifs is 2. The zero-order valence-corrected chi connectivity index (χ0v) is 24.0. The topological polar surface area (TPSA) is 0 Å². The van der Waals surface area contributed by atoms with Gasteiger partial charge in [-0.3, -0.25) is 0 Å². The van der Waals surface area contributed by atoms with Crippen molar-refractivity contribution in [3.8, 4) is 0 Å². The van der Waals surface area contributed by atoms with Crippen LogP contribution in [0.15, 0.2) is 0 Å². The van der Waals surface area contributed by atoms with Crippen molar-refractivity contribution < 1.29 is 0 Å². The van der Waals surface area contributed by atoms with Crippen molar-refractivity contribution in [3.63, 3.8) is 0 Å². The summed E-state index contributed by atoms with van der Waals surface area (Å²) in [6.07, 6.45) is 11.9. The molecule has 4 saturated carbocycles. The molecular weight excluding hydrogens is 500 g/mol. The van der Waals surface area contributed by atoms with Crippen LogP contribution in [0.5, 0.6) is 0 Å². The Labute approximate surface area is 199 Å². The maximum Gasteiger partial charge on any atom is 0.0547 e. The Kier molecular flexibility index (Phi) is 7.12. The molecule has 4 fully saturated rings. The molecule has 29 heavy (non-hydrogen) atoms. The van der Waals surface area contributed by atoms with Gasteiger partial charge in [-0.25, -0.2) is 0 Å². The predicted molar refractivity (Wildman–Crippen MR) is 138 cm³/mol. The molecule has 0 N–H and O–H groups in total. The fourth-order valence-corrected chi connectivity index (χ4v) is 18.0. The lowest BCUT2D eigenvalue weighted by Gasteiger charge is -2.50. The summed E-state index contributed by atoms with van der Waals surface area (Å²) in [5.41, 5.74) is 2.13. The molecule has 4 aliphatic rings. The Morgan fingerprint density at radius 3 is 1.34 bits per heavy atom. The van der Waals surface area contributed by atoms with Crippen molar-refractivity contribution in [2.24, 2.45) is 47.3 Å². The SMILES string of the molecule is CC(C)C1CC2C(Br)CCCC2C1[Si](C)(C)C1C(C(C)C)CC2C(Br)CCCC21. The highest BCUT2D eigenvalue weighted by Crippen LogP contribution is 2.67. The van der Waals surface area contributed by atoms with E-state index >= 15 is 0 Å². The molecule has 0 aromatic heterocycles. The largest absolute Gasteiger partial charge is 0.0888 e. The molecule has 0 bridgehead atoms. The van der Waals surface area contributed by atoms with Gasteiger partial charge in [0.2, 0.25) is 0 Å². The van der Waals surface area contributed by atoms with Crippen LogP contribution in [0, 0.1) is 47.3 Å². The standard InChI is InChI=1S/C26H46Br2Si/c1-15(2)19-13-21-17(9-7-11-23(21)27)25(19)29(5,6)26-18-10-8-12-24(28)22(18)14-20(26)16(3)4/h15-26H,7-14H2,1-6H3. The molecule has 0 amide bonds. The summed E-state index contributed by atoms with van der Waals surface area (Å²) in [5.74, 6) is 7.69. The zero-order chi connectivity index (χ0) is 21.1. The van der Waals surface area contributed by atoms with E-state index in [0.29, 0.717) is 0 Å². The molecule has 0 heterocycles. The van der Waals surface area contributed by atoms with Crippen molar-refractivity contribution in [1.29, 1.82) is 0 Å². The van der Waals surface area contributed by atoms with Gasteiger partial charge in [-0.05, 0) is 84.1 Å². The minimum absolute atomic E-state index is 0.802. The number of alkyl halides is 2. The van der Waals surface area contributed by atoms with E-state index in [2.05, 4.69) is 72.6 Å².